The fraction of sp³-hybridized carbons (Fsp3) is 0.548. The highest BCUT2D eigenvalue weighted by Crippen LogP contribution is 2.42. The predicted octanol–water partition coefficient (Wildman–Crippen LogP) is 5.19. The summed E-state index contributed by atoms with van der Waals surface area (Å²) in [6, 6.07) is 18.5. The molecule has 0 bridgehead atoms. The maximum absolute atomic E-state index is 13.9. The van der Waals surface area contributed by atoms with Gasteiger partial charge >= 0.3 is 6.09 Å². The summed E-state index contributed by atoms with van der Waals surface area (Å²) in [7, 11) is 1.70. The van der Waals surface area contributed by atoms with E-state index in [0.717, 1.165) is 56.9 Å². The molecule has 7 nitrogen and oxygen atoms in total. The van der Waals surface area contributed by atoms with Crippen LogP contribution in [-0.4, -0.2) is 79.2 Å². The van der Waals surface area contributed by atoms with Gasteiger partial charge in [-0.3, -0.25) is 9.69 Å². The molecule has 0 unspecified atom stereocenters. The van der Waals surface area contributed by atoms with Crippen LogP contribution in [-0.2, 0) is 16.1 Å². The molecule has 0 aliphatic carbocycles. The third-order valence-electron chi connectivity index (χ3n) is 8.68. The number of halogens is 1. The second-order valence-electron chi connectivity index (χ2n) is 11.6. The monoisotopic (exact) mass is 555 g/mol. The van der Waals surface area contributed by atoms with Crippen LogP contribution in [0, 0.1) is 11.3 Å². The summed E-state index contributed by atoms with van der Waals surface area (Å²) in [6.45, 7) is 9.39. The Balaban J connectivity index is 0.00000353. The number of methoxy groups -OCH3 is 1. The Morgan fingerprint density at radius 1 is 0.923 bits per heavy atom. The summed E-state index contributed by atoms with van der Waals surface area (Å²) in [5, 5.41) is 0. The molecule has 0 N–H and O–H groups in total. The second kappa shape index (κ2) is 12.6. The van der Waals surface area contributed by atoms with E-state index in [1.54, 1.807) is 12.0 Å². The number of piperidine rings is 1. The van der Waals surface area contributed by atoms with Gasteiger partial charge in [0.1, 0.15) is 5.75 Å². The Morgan fingerprint density at radius 3 is 2.23 bits per heavy atom. The van der Waals surface area contributed by atoms with Crippen molar-refractivity contribution in [2.75, 3.05) is 46.4 Å². The molecule has 2 aromatic carbocycles. The zero-order valence-electron chi connectivity index (χ0n) is 23.4. The van der Waals surface area contributed by atoms with Gasteiger partial charge in [0.25, 0.3) is 0 Å². The summed E-state index contributed by atoms with van der Waals surface area (Å²) < 4.78 is 10.8. The fourth-order valence-electron chi connectivity index (χ4n) is 6.51. The Morgan fingerprint density at radius 2 is 1.59 bits per heavy atom. The van der Waals surface area contributed by atoms with Gasteiger partial charge in [0, 0.05) is 45.2 Å². The maximum atomic E-state index is 13.9. The molecule has 0 radical (unpaired) electrons. The normalized spacial score (nSPS) is 22.7. The minimum Gasteiger partial charge on any atom is -0.497 e. The molecule has 2 aromatic rings. The molecule has 3 fully saturated rings. The van der Waals surface area contributed by atoms with Gasteiger partial charge in [-0.05, 0) is 68.3 Å². The highest BCUT2D eigenvalue weighted by molar-refractivity contribution is 5.85. The van der Waals surface area contributed by atoms with Gasteiger partial charge < -0.3 is 19.3 Å². The topological polar surface area (TPSA) is 62.3 Å². The van der Waals surface area contributed by atoms with Crippen LogP contribution in [0.4, 0.5) is 4.79 Å². The molecule has 2 amide bonds. The number of ether oxygens (including phenoxy) is 2. The van der Waals surface area contributed by atoms with E-state index in [-0.39, 0.29) is 42.3 Å². The average molecular weight is 556 g/mol. The van der Waals surface area contributed by atoms with Crippen molar-refractivity contribution in [1.82, 2.24) is 14.7 Å². The lowest BCUT2D eigenvalue weighted by Crippen LogP contribution is -2.47. The molecular formula is C31H42ClN3O4. The van der Waals surface area contributed by atoms with Gasteiger partial charge in [-0.1, -0.05) is 42.5 Å². The Hall–Kier alpha value is -2.77. The van der Waals surface area contributed by atoms with E-state index < -0.39 is 0 Å². The number of carbonyl (C=O) groups excluding carboxylic acids is 2. The number of hydrogen-bond acceptors (Lipinski definition) is 5. The SMILES string of the molecule is COc1ccc(CN2CCC3(CCN(C(=O)[C@@H]4CN(C(=O)OC(C)C)C[C@@H]4c4ccccc4)CC3)C2)cc1.Cl. The van der Waals surface area contributed by atoms with Crippen molar-refractivity contribution in [3.05, 3.63) is 65.7 Å². The highest BCUT2D eigenvalue weighted by atomic mass is 35.5. The molecule has 0 aromatic heterocycles. The van der Waals surface area contributed by atoms with Crippen LogP contribution in [0.1, 0.15) is 50.2 Å². The van der Waals surface area contributed by atoms with Crippen LogP contribution < -0.4 is 4.74 Å². The zero-order chi connectivity index (χ0) is 26.7. The summed E-state index contributed by atoms with van der Waals surface area (Å²) >= 11 is 0. The van der Waals surface area contributed by atoms with Crippen LogP contribution in [0.25, 0.3) is 0 Å². The molecular weight excluding hydrogens is 514 g/mol. The molecule has 2 atom stereocenters. The van der Waals surface area contributed by atoms with Crippen molar-refractivity contribution in [3.63, 3.8) is 0 Å². The summed E-state index contributed by atoms with van der Waals surface area (Å²) in [5.41, 5.74) is 2.72. The van der Waals surface area contributed by atoms with Gasteiger partial charge in [0.15, 0.2) is 0 Å². The molecule has 3 aliphatic heterocycles. The first-order chi connectivity index (χ1) is 18.4. The van der Waals surface area contributed by atoms with Crippen molar-refractivity contribution in [1.29, 1.82) is 0 Å². The summed E-state index contributed by atoms with van der Waals surface area (Å²) in [5.74, 6) is 0.828. The minimum absolute atomic E-state index is 0. The van der Waals surface area contributed by atoms with E-state index in [0.29, 0.717) is 18.5 Å². The number of likely N-dealkylation sites (tertiary alicyclic amines) is 3. The molecule has 39 heavy (non-hydrogen) atoms. The Kier molecular flexibility index (Phi) is 9.44. The number of benzene rings is 2. The van der Waals surface area contributed by atoms with Gasteiger partial charge in [0.2, 0.25) is 5.91 Å². The van der Waals surface area contributed by atoms with Gasteiger partial charge in [-0.25, -0.2) is 4.79 Å². The van der Waals surface area contributed by atoms with Crippen molar-refractivity contribution in [2.24, 2.45) is 11.3 Å². The van der Waals surface area contributed by atoms with Gasteiger partial charge in [-0.15, -0.1) is 12.4 Å². The minimum atomic E-state index is -0.322. The van der Waals surface area contributed by atoms with Crippen LogP contribution in [0.3, 0.4) is 0 Å². The highest BCUT2D eigenvalue weighted by Gasteiger charge is 2.46. The van der Waals surface area contributed by atoms with Crippen molar-refractivity contribution in [2.45, 2.75) is 51.7 Å². The van der Waals surface area contributed by atoms with Crippen LogP contribution in [0.5, 0.6) is 5.75 Å². The predicted molar refractivity (Wildman–Crippen MR) is 154 cm³/mol. The van der Waals surface area contributed by atoms with Crippen molar-refractivity contribution in [3.8, 4) is 5.75 Å². The van der Waals surface area contributed by atoms with Crippen LogP contribution >= 0.6 is 12.4 Å². The van der Waals surface area contributed by atoms with Crippen LogP contribution in [0.15, 0.2) is 54.6 Å². The third kappa shape index (κ3) is 6.69. The number of nitrogens with zero attached hydrogens (tertiary/aromatic N) is 3. The van der Waals surface area contributed by atoms with Crippen molar-refractivity contribution >= 4 is 24.4 Å². The molecule has 0 saturated carbocycles. The standard InChI is InChI=1S/C31H41N3O4.ClH/c1-23(2)38-30(36)34-20-27(25-7-5-4-6-8-25)28(21-34)29(35)33-17-14-31(15-18-33)13-16-32(22-31)19-24-9-11-26(37-3)12-10-24;/h4-12,23,27-28H,13-22H2,1-3H3;1H/t27-,28-;/m1./s1. The lowest BCUT2D eigenvalue weighted by molar-refractivity contribution is -0.137. The number of amides is 2. The van der Waals surface area contributed by atoms with Crippen LogP contribution in [0.2, 0.25) is 0 Å². The first-order valence-electron chi connectivity index (χ1n) is 14.0. The van der Waals surface area contributed by atoms with Gasteiger partial charge in [0.05, 0.1) is 19.1 Å². The molecule has 5 rings (SSSR count). The quantitative estimate of drug-likeness (QED) is 0.491. The van der Waals surface area contributed by atoms with E-state index >= 15 is 0 Å². The molecule has 1 spiro atoms. The molecule has 212 valence electrons. The second-order valence-corrected chi connectivity index (χ2v) is 11.6. The lowest BCUT2D eigenvalue weighted by Gasteiger charge is -2.40. The van der Waals surface area contributed by atoms with E-state index in [4.69, 9.17) is 9.47 Å². The van der Waals surface area contributed by atoms with E-state index in [2.05, 4.69) is 34.1 Å². The lowest BCUT2D eigenvalue weighted by atomic mass is 9.77. The van der Waals surface area contributed by atoms with Gasteiger partial charge in [-0.2, -0.15) is 0 Å². The first-order valence-corrected chi connectivity index (χ1v) is 14.0. The molecule has 3 aliphatic rings. The molecule has 3 saturated heterocycles. The fourth-order valence-corrected chi connectivity index (χ4v) is 6.51. The average Bonchev–Trinajstić information content (AvgIpc) is 3.54. The smallest absolute Gasteiger partial charge is 0.410 e. The van der Waals surface area contributed by atoms with E-state index in [1.807, 2.05) is 44.2 Å². The van der Waals surface area contributed by atoms with E-state index in [9.17, 15) is 9.59 Å². The van der Waals surface area contributed by atoms with E-state index in [1.165, 1.54) is 12.0 Å². The Bertz CT molecular complexity index is 1100. The first kappa shape index (κ1) is 29.2. The largest absolute Gasteiger partial charge is 0.497 e. The number of hydrogen-bond donors (Lipinski definition) is 0. The zero-order valence-corrected chi connectivity index (χ0v) is 24.2. The number of rotatable bonds is 6. The third-order valence-corrected chi connectivity index (χ3v) is 8.68. The molecule has 8 heteroatoms. The Labute approximate surface area is 238 Å². The maximum Gasteiger partial charge on any atom is 0.410 e. The molecule has 3 heterocycles. The number of carbonyl (C=O) groups is 2. The summed E-state index contributed by atoms with van der Waals surface area (Å²) in [4.78, 5) is 32.9. The summed E-state index contributed by atoms with van der Waals surface area (Å²) in [6.07, 6.45) is 2.77. The van der Waals surface area contributed by atoms with Crippen molar-refractivity contribution < 1.29 is 19.1 Å².